The molecule has 18 heteroatoms. The van der Waals surface area contributed by atoms with Crippen LogP contribution < -0.4 is 0 Å². The van der Waals surface area contributed by atoms with Crippen molar-refractivity contribution in [2.75, 3.05) is 42.7 Å². The maximum atomic E-state index is 10.9. The van der Waals surface area contributed by atoms with Gasteiger partial charge < -0.3 is 89.7 Å². The molecule has 0 amide bonds. The van der Waals surface area contributed by atoms with Gasteiger partial charge in [-0.05, 0) is 113 Å². The Bertz CT molecular complexity index is 2420. The van der Waals surface area contributed by atoms with Crippen molar-refractivity contribution in [3.05, 3.63) is 173 Å². The van der Waals surface area contributed by atoms with Gasteiger partial charge >= 0.3 is 0 Å². The quantitative estimate of drug-likeness (QED) is 0.0311. The minimum atomic E-state index is -1.20. The Balaban J connectivity index is 0.000000280. The predicted molar refractivity (Wildman–Crippen MR) is 275 cm³/mol. The van der Waals surface area contributed by atoms with Crippen molar-refractivity contribution in [1.82, 2.24) is 0 Å². The van der Waals surface area contributed by atoms with E-state index in [1.165, 1.54) is 36.4 Å². The summed E-state index contributed by atoms with van der Waals surface area (Å²) >= 11 is 0. The molecule has 0 aliphatic rings. The molecule has 406 valence electrons. The number of aliphatic hydroxyl groups excluding tert-OH is 6. The number of methoxy groups -OCH3 is 6. The van der Waals surface area contributed by atoms with Gasteiger partial charge in [0, 0.05) is 121 Å². The molecule has 0 atom stereocenters. The highest BCUT2D eigenvalue weighted by atomic mass is 16.5. The molecule has 75 heavy (non-hydrogen) atoms. The van der Waals surface area contributed by atoms with Crippen LogP contribution in [0.3, 0.4) is 0 Å². The summed E-state index contributed by atoms with van der Waals surface area (Å²) in [6, 6.07) is 20.6. The third-order valence-corrected chi connectivity index (χ3v) is 13.2. The van der Waals surface area contributed by atoms with Crippen LogP contribution in [-0.2, 0) is 113 Å². The standard InChI is InChI=1S/C31H40O9.C26H30O9/c1-35-13-22-7-19(8-23(14-36-2)29(22)32)28(20-9-24(15-37-3)30(33)25(10-20)16-38-4)21-11-26(17-39-5)31(34)27(12-21)18-40-6;1-26(20-2-14(8-27)23(33)15(3-20)9-28,21-4-16(10-29)24(34)17(5-21)11-30)22-6-18(12-31)25(35)19(7-22)13-32/h7-12,28,32-34H,13-18H2,1-6H3;2-7,27-35H,8-13H2,1H3. The maximum absolute atomic E-state index is 10.9. The summed E-state index contributed by atoms with van der Waals surface area (Å²) < 4.78 is 32.3. The Kier molecular flexibility index (Phi) is 21.8. The van der Waals surface area contributed by atoms with E-state index in [2.05, 4.69) is 0 Å². The smallest absolute Gasteiger partial charge is 0.126 e. The van der Waals surface area contributed by atoms with Gasteiger partial charge in [0.1, 0.15) is 34.5 Å². The molecule has 0 aliphatic carbocycles. The summed E-state index contributed by atoms with van der Waals surface area (Å²) in [5.41, 5.74) is 7.29. The molecule has 0 radical (unpaired) electrons. The topological polar surface area (TPSA) is 298 Å². The zero-order valence-corrected chi connectivity index (χ0v) is 43.3. The van der Waals surface area contributed by atoms with E-state index in [9.17, 15) is 61.3 Å². The van der Waals surface area contributed by atoms with E-state index in [1.54, 1.807) is 49.6 Å². The van der Waals surface area contributed by atoms with Crippen molar-refractivity contribution in [3.8, 4) is 34.5 Å². The van der Waals surface area contributed by atoms with Gasteiger partial charge in [0.25, 0.3) is 0 Å². The molecule has 0 bridgehead atoms. The van der Waals surface area contributed by atoms with E-state index in [0.29, 0.717) is 50.1 Å². The Hall–Kier alpha value is -6.36. The number of hydrogen-bond acceptors (Lipinski definition) is 18. The number of ether oxygens (including phenoxy) is 6. The van der Waals surface area contributed by atoms with Gasteiger partial charge in [-0.1, -0.05) is 0 Å². The SMILES string of the molecule is CC(c1cc(CO)c(O)c(CO)c1)(c1cc(CO)c(O)c(CO)c1)c1cc(CO)c(O)c(CO)c1.COCc1cc(C(c2cc(COC)c(O)c(COC)c2)c2cc(COC)c(O)c(COC)c2)cc(COC)c1O. The van der Waals surface area contributed by atoms with Crippen LogP contribution in [0.4, 0.5) is 0 Å². The van der Waals surface area contributed by atoms with Crippen molar-refractivity contribution in [3.63, 3.8) is 0 Å². The number of aliphatic hydroxyl groups is 6. The third kappa shape index (κ3) is 13.0. The molecule has 0 aliphatic heterocycles. The zero-order chi connectivity index (χ0) is 55.1. The number of phenols is 6. The zero-order valence-electron chi connectivity index (χ0n) is 43.3. The molecule has 6 aromatic rings. The fourth-order valence-electron chi connectivity index (χ4n) is 9.40. The first-order valence-electron chi connectivity index (χ1n) is 23.7. The number of hydrogen-bond donors (Lipinski definition) is 12. The molecule has 6 aromatic carbocycles. The minimum Gasteiger partial charge on any atom is -0.507 e. The van der Waals surface area contributed by atoms with Crippen LogP contribution >= 0.6 is 0 Å². The number of phenolic OH excluding ortho intramolecular Hbond substituents is 3. The normalized spacial score (nSPS) is 11.6. The highest BCUT2D eigenvalue weighted by molar-refractivity contribution is 5.60. The van der Waals surface area contributed by atoms with Crippen LogP contribution in [-0.4, -0.2) is 104 Å². The molecular weight excluding hydrogens is 973 g/mol. The van der Waals surface area contributed by atoms with Gasteiger partial charge in [-0.2, -0.15) is 0 Å². The molecule has 12 N–H and O–H groups in total. The Morgan fingerprint density at radius 2 is 0.453 bits per heavy atom. The van der Waals surface area contributed by atoms with Crippen LogP contribution in [0.2, 0.25) is 0 Å². The van der Waals surface area contributed by atoms with Gasteiger partial charge in [-0.3, -0.25) is 0 Å². The summed E-state index contributed by atoms with van der Waals surface area (Å²) in [4.78, 5) is 0. The average molecular weight is 1040 g/mol. The molecule has 0 saturated carbocycles. The predicted octanol–water partition coefficient (Wildman–Crippen LogP) is 5.97. The lowest BCUT2D eigenvalue weighted by atomic mass is 9.69. The van der Waals surface area contributed by atoms with E-state index in [-0.39, 0.29) is 108 Å². The summed E-state index contributed by atoms with van der Waals surface area (Å²) in [6.45, 7) is -0.225. The van der Waals surface area contributed by atoms with Crippen LogP contribution in [0.5, 0.6) is 34.5 Å². The number of aromatic hydroxyl groups is 6. The first-order valence-corrected chi connectivity index (χ1v) is 23.7. The molecule has 0 heterocycles. The Morgan fingerprint density at radius 3 is 0.600 bits per heavy atom. The highest BCUT2D eigenvalue weighted by Gasteiger charge is 2.35. The second kappa shape index (κ2) is 27.4. The van der Waals surface area contributed by atoms with Crippen molar-refractivity contribution < 1.29 is 89.7 Å². The lowest BCUT2D eigenvalue weighted by molar-refractivity contribution is 0.174. The van der Waals surface area contributed by atoms with Crippen molar-refractivity contribution >= 4 is 0 Å². The van der Waals surface area contributed by atoms with Crippen molar-refractivity contribution in [2.45, 2.75) is 97.5 Å². The lowest BCUT2D eigenvalue weighted by Crippen LogP contribution is -2.27. The van der Waals surface area contributed by atoms with Gasteiger partial charge in [0.15, 0.2) is 0 Å². The Morgan fingerprint density at radius 1 is 0.293 bits per heavy atom. The minimum absolute atomic E-state index is 0.114. The van der Waals surface area contributed by atoms with Crippen LogP contribution in [0.25, 0.3) is 0 Å². The van der Waals surface area contributed by atoms with Gasteiger partial charge in [0.2, 0.25) is 0 Å². The van der Waals surface area contributed by atoms with E-state index >= 15 is 0 Å². The van der Waals surface area contributed by atoms with Gasteiger partial charge in [0.05, 0.1) is 79.3 Å². The van der Waals surface area contributed by atoms with E-state index in [4.69, 9.17) is 28.4 Å². The van der Waals surface area contributed by atoms with Crippen LogP contribution in [0.1, 0.15) is 113 Å². The average Bonchev–Trinajstić information content (AvgIpc) is 3.40. The summed E-state index contributed by atoms with van der Waals surface area (Å²) in [7, 11) is 9.43. The largest absolute Gasteiger partial charge is 0.507 e. The maximum Gasteiger partial charge on any atom is 0.126 e. The van der Waals surface area contributed by atoms with E-state index in [1.807, 2.05) is 36.4 Å². The van der Waals surface area contributed by atoms with Gasteiger partial charge in [-0.15, -0.1) is 0 Å². The lowest BCUT2D eigenvalue weighted by Gasteiger charge is -2.34. The fraction of sp³-hybridized carbons (Fsp3) is 0.368. The highest BCUT2D eigenvalue weighted by Crippen LogP contribution is 2.46. The molecular formula is C57H70O18. The molecule has 0 saturated heterocycles. The number of rotatable bonds is 24. The van der Waals surface area contributed by atoms with Gasteiger partial charge in [-0.25, -0.2) is 0 Å². The summed E-state index contributed by atoms with van der Waals surface area (Å²) in [6.07, 6.45) is 0. The first kappa shape index (κ1) is 59.5. The summed E-state index contributed by atoms with van der Waals surface area (Å²) in [5, 5.41) is 123. The number of benzene rings is 6. The molecule has 0 aromatic heterocycles. The Labute approximate surface area is 436 Å². The molecule has 18 nitrogen and oxygen atoms in total. The monoisotopic (exact) mass is 1040 g/mol. The van der Waals surface area contributed by atoms with E-state index in [0.717, 1.165) is 16.7 Å². The molecule has 6 rings (SSSR count). The van der Waals surface area contributed by atoms with Crippen LogP contribution in [0.15, 0.2) is 72.8 Å². The third-order valence-electron chi connectivity index (χ3n) is 13.2. The van der Waals surface area contributed by atoms with Crippen LogP contribution in [0, 0.1) is 0 Å². The second-order valence-electron chi connectivity index (χ2n) is 18.1. The first-order chi connectivity index (χ1) is 36.0. The van der Waals surface area contributed by atoms with Crippen molar-refractivity contribution in [1.29, 1.82) is 0 Å². The van der Waals surface area contributed by atoms with Crippen molar-refractivity contribution in [2.24, 2.45) is 0 Å². The molecule has 0 fully saturated rings. The molecule has 0 unspecified atom stereocenters. The summed E-state index contributed by atoms with van der Waals surface area (Å²) in [5.74, 6) is -0.857. The van der Waals surface area contributed by atoms with E-state index < -0.39 is 51.0 Å². The second-order valence-corrected chi connectivity index (χ2v) is 18.1. The molecule has 0 spiro atoms. The fourth-order valence-corrected chi connectivity index (χ4v) is 9.40.